The third-order valence-corrected chi connectivity index (χ3v) is 6.35. The van der Waals surface area contributed by atoms with Crippen LogP contribution in [0.1, 0.15) is 37.7 Å². The summed E-state index contributed by atoms with van der Waals surface area (Å²) >= 11 is 5.87. The third kappa shape index (κ3) is 1.84. The second-order valence-electron chi connectivity index (χ2n) is 7.19. The number of hydrogen-bond acceptors (Lipinski definition) is 1. The van der Waals surface area contributed by atoms with Gasteiger partial charge in [0.2, 0.25) is 0 Å². The van der Waals surface area contributed by atoms with Crippen molar-refractivity contribution in [3.63, 3.8) is 0 Å². The van der Waals surface area contributed by atoms with E-state index in [4.69, 9.17) is 11.6 Å². The molecular formula is C17H20ClFO. The van der Waals surface area contributed by atoms with E-state index in [1.807, 2.05) is 0 Å². The Hall–Kier alpha value is -0.600. The normalized spacial score (nSPS) is 42.1. The highest BCUT2D eigenvalue weighted by molar-refractivity contribution is 6.30. The Morgan fingerprint density at radius 3 is 2.30 bits per heavy atom. The summed E-state index contributed by atoms with van der Waals surface area (Å²) in [6.45, 7) is 0. The minimum Gasteiger partial charge on any atom is -0.389 e. The molecule has 0 aromatic heterocycles. The molecule has 0 heterocycles. The van der Waals surface area contributed by atoms with Crippen molar-refractivity contribution in [3.05, 3.63) is 34.6 Å². The Morgan fingerprint density at radius 2 is 1.70 bits per heavy atom. The Balaban J connectivity index is 1.66. The Labute approximate surface area is 124 Å². The second kappa shape index (κ2) is 4.45. The summed E-state index contributed by atoms with van der Waals surface area (Å²) in [5.41, 5.74) is -0.133. The van der Waals surface area contributed by atoms with Gasteiger partial charge in [-0.2, -0.15) is 0 Å². The summed E-state index contributed by atoms with van der Waals surface area (Å²) in [4.78, 5) is 0. The maximum Gasteiger partial charge on any atom is 0.145 e. The van der Waals surface area contributed by atoms with Crippen LogP contribution in [0.15, 0.2) is 18.2 Å². The standard InChI is InChI=1S/C17H20ClFO/c18-15-3-1-2-12(16(15)19)9-17(20)13-5-10-4-11(7-13)8-14(17)6-10/h1-3,10-11,13-14,20H,4-9H2. The largest absolute Gasteiger partial charge is 0.389 e. The Bertz CT molecular complexity index is 514. The molecule has 1 aromatic carbocycles. The minimum atomic E-state index is -0.709. The van der Waals surface area contributed by atoms with Crippen LogP contribution >= 0.6 is 11.6 Å². The summed E-state index contributed by atoms with van der Waals surface area (Å²) in [7, 11) is 0. The number of benzene rings is 1. The van der Waals surface area contributed by atoms with Crippen molar-refractivity contribution in [3.8, 4) is 0 Å². The summed E-state index contributed by atoms with van der Waals surface area (Å²) in [5, 5.41) is 11.4. The van der Waals surface area contributed by atoms with Crippen molar-refractivity contribution >= 4 is 11.6 Å². The molecule has 1 aromatic rings. The fourth-order valence-corrected chi connectivity index (χ4v) is 5.47. The lowest BCUT2D eigenvalue weighted by molar-refractivity contribution is -0.172. The van der Waals surface area contributed by atoms with E-state index in [9.17, 15) is 9.50 Å². The SMILES string of the molecule is OC1(Cc2cccc(Cl)c2F)C2CC3CC(C2)CC1C3. The van der Waals surface area contributed by atoms with Crippen molar-refractivity contribution in [1.29, 1.82) is 0 Å². The van der Waals surface area contributed by atoms with Gasteiger partial charge < -0.3 is 5.11 Å². The van der Waals surface area contributed by atoms with Crippen LogP contribution in [0.3, 0.4) is 0 Å². The van der Waals surface area contributed by atoms with E-state index in [0.717, 1.165) is 37.5 Å². The molecule has 1 N–H and O–H groups in total. The fourth-order valence-electron chi connectivity index (χ4n) is 5.28. The topological polar surface area (TPSA) is 20.2 Å². The first-order valence-corrected chi connectivity index (χ1v) is 8.09. The molecule has 4 aliphatic rings. The van der Waals surface area contributed by atoms with Crippen LogP contribution in [0.2, 0.25) is 5.02 Å². The Kier molecular flexibility index (Phi) is 2.91. The number of halogens is 2. The highest BCUT2D eigenvalue weighted by Gasteiger charge is 2.56. The van der Waals surface area contributed by atoms with Crippen LogP contribution in [0.4, 0.5) is 4.39 Å². The van der Waals surface area contributed by atoms with E-state index < -0.39 is 5.60 Å². The molecule has 4 aliphatic carbocycles. The highest BCUT2D eigenvalue weighted by atomic mass is 35.5. The monoisotopic (exact) mass is 294 g/mol. The van der Waals surface area contributed by atoms with Gasteiger partial charge in [-0.1, -0.05) is 23.7 Å². The van der Waals surface area contributed by atoms with E-state index in [2.05, 4.69) is 0 Å². The van der Waals surface area contributed by atoms with Crippen LogP contribution in [0.5, 0.6) is 0 Å². The van der Waals surface area contributed by atoms with Crippen molar-refractivity contribution in [2.45, 2.75) is 44.1 Å². The fraction of sp³-hybridized carbons (Fsp3) is 0.647. The number of hydrogen-bond donors (Lipinski definition) is 1. The van der Waals surface area contributed by atoms with Crippen LogP contribution in [-0.4, -0.2) is 10.7 Å². The van der Waals surface area contributed by atoms with Crippen molar-refractivity contribution in [2.75, 3.05) is 0 Å². The molecule has 0 aliphatic heterocycles. The average molecular weight is 295 g/mol. The van der Waals surface area contributed by atoms with Crippen molar-refractivity contribution < 1.29 is 9.50 Å². The third-order valence-electron chi connectivity index (χ3n) is 6.06. The molecule has 0 radical (unpaired) electrons. The molecule has 20 heavy (non-hydrogen) atoms. The quantitative estimate of drug-likeness (QED) is 0.866. The first-order chi connectivity index (χ1) is 9.56. The van der Waals surface area contributed by atoms with E-state index in [-0.39, 0.29) is 10.8 Å². The molecule has 0 spiro atoms. The van der Waals surface area contributed by atoms with E-state index in [0.29, 0.717) is 23.8 Å². The maximum atomic E-state index is 14.1. The van der Waals surface area contributed by atoms with Crippen molar-refractivity contribution in [1.82, 2.24) is 0 Å². The predicted molar refractivity (Wildman–Crippen MR) is 77.1 cm³/mol. The zero-order valence-corrected chi connectivity index (χ0v) is 12.2. The van der Waals surface area contributed by atoms with Gasteiger partial charge in [0.05, 0.1) is 10.6 Å². The van der Waals surface area contributed by atoms with Gasteiger partial charge in [-0.05, 0) is 67.4 Å². The zero-order valence-electron chi connectivity index (χ0n) is 11.5. The first kappa shape index (κ1) is 13.1. The number of aliphatic hydroxyl groups is 1. The molecule has 0 unspecified atom stereocenters. The van der Waals surface area contributed by atoms with E-state index in [1.54, 1.807) is 18.2 Å². The van der Waals surface area contributed by atoms with Gasteiger partial charge in [-0.15, -0.1) is 0 Å². The second-order valence-corrected chi connectivity index (χ2v) is 7.59. The van der Waals surface area contributed by atoms with Gasteiger partial charge in [-0.25, -0.2) is 4.39 Å². The molecule has 1 nitrogen and oxygen atoms in total. The average Bonchev–Trinajstić information content (AvgIpc) is 2.41. The summed E-state index contributed by atoms with van der Waals surface area (Å²) in [5.74, 6) is 1.98. The molecule has 0 atom stereocenters. The zero-order chi connectivity index (χ0) is 13.9. The molecule has 4 bridgehead atoms. The summed E-state index contributed by atoms with van der Waals surface area (Å²) in [6, 6.07) is 5.12. The minimum absolute atomic E-state index is 0.162. The van der Waals surface area contributed by atoms with Gasteiger partial charge in [-0.3, -0.25) is 0 Å². The van der Waals surface area contributed by atoms with Crippen LogP contribution < -0.4 is 0 Å². The van der Waals surface area contributed by atoms with Crippen LogP contribution in [-0.2, 0) is 6.42 Å². The predicted octanol–water partition coefficient (Wildman–Crippen LogP) is 4.21. The number of rotatable bonds is 2. The van der Waals surface area contributed by atoms with Crippen LogP contribution in [0.25, 0.3) is 0 Å². The van der Waals surface area contributed by atoms with E-state index >= 15 is 0 Å². The molecular weight excluding hydrogens is 275 g/mol. The molecule has 4 saturated carbocycles. The molecule has 3 heteroatoms. The smallest absolute Gasteiger partial charge is 0.145 e. The van der Waals surface area contributed by atoms with E-state index in [1.165, 1.54) is 6.42 Å². The van der Waals surface area contributed by atoms with Gasteiger partial charge in [0.25, 0.3) is 0 Å². The lowest BCUT2D eigenvalue weighted by Gasteiger charge is -2.59. The van der Waals surface area contributed by atoms with Gasteiger partial charge in [0.1, 0.15) is 5.82 Å². The Morgan fingerprint density at radius 1 is 1.10 bits per heavy atom. The summed E-state index contributed by atoms with van der Waals surface area (Å²) in [6.07, 6.45) is 6.30. The molecule has 108 valence electrons. The molecule has 0 saturated heterocycles. The molecule has 5 rings (SSSR count). The summed E-state index contributed by atoms with van der Waals surface area (Å²) < 4.78 is 14.1. The first-order valence-electron chi connectivity index (χ1n) is 7.71. The highest BCUT2D eigenvalue weighted by Crippen LogP contribution is 2.59. The molecule has 0 amide bonds. The molecule has 4 fully saturated rings. The lowest BCUT2D eigenvalue weighted by Crippen LogP contribution is -2.58. The van der Waals surface area contributed by atoms with Gasteiger partial charge in [0, 0.05) is 6.42 Å². The lowest BCUT2D eigenvalue weighted by atomic mass is 9.49. The maximum absolute atomic E-state index is 14.1. The van der Waals surface area contributed by atoms with Crippen molar-refractivity contribution in [2.24, 2.45) is 23.7 Å². The van der Waals surface area contributed by atoms with Crippen LogP contribution in [0, 0.1) is 29.5 Å². The van der Waals surface area contributed by atoms with Gasteiger partial charge >= 0.3 is 0 Å². The van der Waals surface area contributed by atoms with Gasteiger partial charge in [0.15, 0.2) is 0 Å².